The van der Waals surface area contributed by atoms with E-state index >= 15 is 0 Å². The first-order chi connectivity index (χ1) is 8.88. The van der Waals surface area contributed by atoms with Gasteiger partial charge in [-0.2, -0.15) is 0 Å². The SMILES string of the molecule is CCCNc1cc(NC2CCCCCC2)ncn1. The fourth-order valence-corrected chi connectivity index (χ4v) is 2.42. The minimum atomic E-state index is 0.585. The van der Waals surface area contributed by atoms with Crippen molar-refractivity contribution in [3.8, 4) is 0 Å². The fraction of sp³-hybridized carbons (Fsp3) is 0.714. The highest BCUT2D eigenvalue weighted by molar-refractivity contribution is 5.46. The highest BCUT2D eigenvalue weighted by Crippen LogP contribution is 2.20. The second kappa shape index (κ2) is 7.19. The van der Waals surface area contributed by atoms with Gasteiger partial charge in [0.25, 0.3) is 0 Å². The first kappa shape index (κ1) is 13.1. The van der Waals surface area contributed by atoms with Crippen LogP contribution >= 0.6 is 0 Å². The van der Waals surface area contributed by atoms with Crippen LogP contribution in [0, 0.1) is 0 Å². The van der Waals surface area contributed by atoms with Crippen molar-refractivity contribution in [1.29, 1.82) is 0 Å². The fourth-order valence-electron chi connectivity index (χ4n) is 2.42. The minimum absolute atomic E-state index is 0.585. The van der Waals surface area contributed by atoms with Gasteiger partial charge in [0.2, 0.25) is 0 Å². The third kappa shape index (κ3) is 4.17. The van der Waals surface area contributed by atoms with Gasteiger partial charge in [0.15, 0.2) is 0 Å². The van der Waals surface area contributed by atoms with Gasteiger partial charge in [-0.3, -0.25) is 0 Å². The molecule has 1 aromatic heterocycles. The van der Waals surface area contributed by atoms with E-state index in [1.165, 1.54) is 38.5 Å². The van der Waals surface area contributed by atoms with Crippen LogP contribution < -0.4 is 10.6 Å². The maximum Gasteiger partial charge on any atom is 0.131 e. The number of hydrogen-bond acceptors (Lipinski definition) is 4. The minimum Gasteiger partial charge on any atom is -0.370 e. The Balaban J connectivity index is 1.91. The van der Waals surface area contributed by atoms with Crippen LogP contribution in [0.2, 0.25) is 0 Å². The Kier molecular flexibility index (Phi) is 5.24. The van der Waals surface area contributed by atoms with E-state index in [0.29, 0.717) is 6.04 Å². The van der Waals surface area contributed by atoms with Gasteiger partial charge in [-0.05, 0) is 19.3 Å². The number of anilines is 2. The number of rotatable bonds is 5. The quantitative estimate of drug-likeness (QED) is 0.784. The summed E-state index contributed by atoms with van der Waals surface area (Å²) in [5, 5.41) is 6.84. The molecule has 100 valence electrons. The molecule has 1 aliphatic rings. The van der Waals surface area contributed by atoms with Crippen LogP contribution in [0.3, 0.4) is 0 Å². The summed E-state index contributed by atoms with van der Waals surface area (Å²) >= 11 is 0. The summed E-state index contributed by atoms with van der Waals surface area (Å²) in [7, 11) is 0. The van der Waals surface area contributed by atoms with E-state index in [1.54, 1.807) is 6.33 Å². The van der Waals surface area contributed by atoms with Crippen molar-refractivity contribution in [3.05, 3.63) is 12.4 Å². The molecule has 2 N–H and O–H groups in total. The molecule has 0 spiro atoms. The molecule has 1 aromatic rings. The summed E-state index contributed by atoms with van der Waals surface area (Å²) in [6.45, 7) is 3.11. The summed E-state index contributed by atoms with van der Waals surface area (Å²) < 4.78 is 0. The molecule has 1 aliphatic carbocycles. The summed E-state index contributed by atoms with van der Waals surface area (Å²) in [6, 6.07) is 2.60. The third-order valence-electron chi connectivity index (χ3n) is 3.43. The van der Waals surface area contributed by atoms with Crippen LogP contribution in [0.25, 0.3) is 0 Å². The van der Waals surface area contributed by atoms with Gasteiger partial charge in [0.1, 0.15) is 18.0 Å². The Labute approximate surface area is 110 Å². The third-order valence-corrected chi connectivity index (χ3v) is 3.43. The average Bonchev–Trinajstić information content (AvgIpc) is 2.65. The van der Waals surface area contributed by atoms with Crippen molar-refractivity contribution in [2.75, 3.05) is 17.2 Å². The Morgan fingerprint density at radius 1 is 1.11 bits per heavy atom. The van der Waals surface area contributed by atoms with Crippen LogP contribution in [-0.4, -0.2) is 22.6 Å². The second-order valence-electron chi connectivity index (χ2n) is 5.05. The van der Waals surface area contributed by atoms with Gasteiger partial charge in [0, 0.05) is 18.7 Å². The molecule has 0 radical (unpaired) electrons. The number of hydrogen-bond donors (Lipinski definition) is 2. The van der Waals surface area contributed by atoms with E-state index in [1.807, 2.05) is 6.07 Å². The predicted octanol–water partition coefficient (Wildman–Crippen LogP) is 3.43. The molecular formula is C14H24N4. The molecule has 0 atom stereocenters. The molecular weight excluding hydrogens is 224 g/mol. The molecule has 0 unspecified atom stereocenters. The second-order valence-corrected chi connectivity index (χ2v) is 5.05. The van der Waals surface area contributed by atoms with Crippen molar-refractivity contribution in [3.63, 3.8) is 0 Å². The highest BCUT2D eigenvalue weighted by Gasteiger charge is 2.12. The smallest absolute Gasteiger partial charge is 0.131 e. The first-order valence-corrected chi connectivity index (χ1v) is 7.21. The lowest BCUT2D eigenvalue weighted by Gasteiger charge is -2.17. The molecule has 4 heteroatoms. The van der Waals surface area contributed by atoms with Gasteiger partial charge >= 0.3 is 0 Å². The van der Waals surface area contributed by atoms with Gasteiger partial charge in [0.05, 0.1) is 0 Å². The Morgan fingerprint density at radius 3 is 2.56 bits per heavy atom. The largest absolute Gasteiger partial charge is 0.370 e. The lowest BCUT2D eigenvalue weighted by molar-refractivity contribution is 0.617. The van der Waals surface area contributed by atoms with Crippen LogP contribution in [0.1, 0.15) is 51.9 Å². The van der Waals surface area contributed by atoms with Gasteiger partial charge < -0.3 is 10.6 Å². The monoisotopic (exact) mass is 248 g/mol. The molecule has 0 bridgehead atoms. The summed E-state index contributed by atoms with van der Waals surface area (Å²) in [4.78, 5) is 8.54. The van der Waals surface area contributed by atoms with Crippen molar-refractivity contribution in [1.82, 2.24) is 9.97 Å². The Morgan fingerprint density at radius 2 is 1.83 bits per heavy atom. The lowest BCUT2D eigenvalue weighted by atomic mass is 10.1. The van der Waals surface area contributed by atoms with Crippen molar-refractivity contribution in [2.45, 2.75) is 57.9 Å². The topological polar surface area (TPSA) is 49.8 Å². The number of nitrogens with zero attached hydrogens (tertiary/aromatic N) is 2. The van der Waals surface area contributed by atoms with Gasteiger partial charge in [-0.1, -0.05) is 32.6 Å². The van der Waals surface area contributed by atoms with Crippen molar-refractivity contribution in [2.24, 2.45) is 0 Å². The van der Waals surface area contributed by atoms with E-state index in [9.17, 15) is 0 Å². The zero-order valence-corrected chi connectivity index (χ0v) is 11.3. The van der Waals surface area contributed by atoms with Crippen molar-refractivity contribution < 1.29 is 0 Å². The van der Waals surface area contributed by atoms with Gasteiger partial charge in [-0.25, -0.2) is 9.97 Å². The Bertz CT molecular complexity index is 345. The molecule has 4 nitrogen and oxygen atoms in total. The highest BCUT2D eigenvalue weighted by atomic mass is 15.1. The average molecular weight is 248 g/mol. The molecule has 0 amide bonds. The molecule has 0 aliphatic heterocycles. The molecule has 1 heterocycles. The van der Waals surface area contributed by atoms with Crippen LogP contribution in [-0.2, 0) is 0 Å². The zero-order chi connectivity index (χ0) is 12.6. The van der Waals surface area contributed by atoms with E-state index in [2.05, 4.69) is 27.5 Å². The standard InChI is InChI=1S/C14H24N4/c1-2-9-15-13-10-14(17-11-16-13)18-12-7-5-3-4-6-8-12/h10-12H,2-9H2,1H3,(H2,15,16,17,18). The Hall–Kier alpha value is -1.32. The molecule has 2 rings (SSSR count). The molecule has 1 saturated carbocycles. The van der Waals surface area contributed by atoms with E-state index in [-0.39, 0.29) is 0 Å². The summed E-state index contributed by atoms with van der Waals surface area (Å²) in [5.41, 5.74) is 0. The van der Waals surface area contributed by atoms with E-state index < -0.39 is 0 Å². The number of nitrogens with one attached hydrogen (secondary N) is 2. The first-order valence-electron chi connectivity index (χ1n) is 7.21. The molecule has 1 fully saturated rings. The summed E-state index contributed by atoms with van der Waals surface area (Å²) in [6.07, 6.45) is 10.7. The zero-order valence-electron chi connectivity index (χ0n) is 11.3. The number of aromatic nitrogens is 2. The van der Waals surface area contributed by atoms with Gasteiger partial charge in [-0.15, -0.1) is 0 Å². The molecule has 18 heavy (non-hydrogen) atoms. The van der Waals surface area contributed by atoms with E-state index in [4.69, 9.17) is 0 Å². The van der Waals surface area contributed by atoms with E-state index in [0.717, 1.165) is 24.6 Å². The van der Waals surface area contributed by atoms with Crippen LogP contribution in [0.4, 0.5) is 11.6 Å². The summed E-state index contributed by atoms with van der Waals surface area (Å²) in [5.74, 6) is 1.87. The molecule has 0 aromatic carbocycles. The lowest BCUT2D eigenvalue weighted by Crippen LogP contribution is -2.19. The predicted molar refractivity (Wildman–Crippen MR) is 75.9 cm³/mol. The maximum atomic E-state index is 4.31. The van der Waals surface area contributed by atoms with Crippen molar-refractivity contribution >= 4 is 11.6 Å². The van der Waals surface area contributed by atoms with Crippen LogP contribution in [0.5, 0.6) is 0 Å². The normalized spacial score (nSPS) is 17.2. The molecule has 0 saturated heterocycles. The maximum absolute atomic E-state index is 4.31. The van der Waals surface area contributed by atoms with Crippen LogP contribution in [0.15, 0.2) is 12.4 Å².